The molecule has 14 nitrogen and oxygen atoms in total. The van der Waals surface area contributed by atoms with Crippen molar-refractivity contribution in [3.05, 3.63) is 42.4 Å². The highest BCUT2D eigenvalue weighted by atomic mass is 32.2. The number of carbonyl (C=O) groups excluding carboxylic acids is 4. The standard InChI is InChI=1S/C38H50FN5O9S/c1-21-8-7-9-22(2)31(41-36(48)53-37(3,4)5)34(46)44-20-25(52-33-28-16-24(39)12-15-27(28)30(51-6)19-40-33)17-29(44)32(45)42-38(18-23(38)11-10-21)35(47)43-54(49,50)26-13-14-26/h10-12,15-16,19,21-23,25-26,29,31H,7-9,13-14,17-18,20H2,1-6H3,(H,41,48)(H,42,45)(H,43,47). The van der Waals surface area contributed by atoms with Crippen molar-refractivity contribution < 1.29 is 46.2 Å². The first-order valence-electron chi connectivity index (χ1n) is 18.6. The van der Waals surface area contributed by atoms with Gasteiger partial charge in [0.15, 0.2) is 0 Å². The molecular formula is C38H50FN5O9S. The number of aromatic nitrogens is 1. The number of amides is 4. The molecule has 4 aliphatic rings. The van der Waals surface area contributed by atoms with Crippen LogP contribution in [-0.4, -0.2) is 90.3 Å². The summed E-state index contributed by atoms with van der Waals surface area (Å²) in [6, 6.07) is 1.80. The van der Waals surface area contributed by atoms with E-state index in [-0.39, 0.29) is 37.1 Å². The molecule has 7 unspecified atom stereocenters. The number of alkyl carbamates (subject to hydrolysis) is 1. The van der Waals surface area contributed by atoms with Gasteiger partial charge in [0.2, 0.25) is 27.7 Å². The van der Waals surface area contributed by atoms with Crippen molar-refractivity contribution in [2.45, 2.75) is 114 Å². The minimum Gasteiger partial charge on any atom is -0.494 e. The van der Waals surface area contributed by atoms with Crippen molar-refractivity contribution in [1.82, 2.24) is 25.2 Å². The zero-order valence-electron chi connectivity index (χ0n) is 31.5. The molecule has 3 N–H and O–H groups in total. The van der Waals surface area contributed by atoms with Crippen LogP contribution in [0.5, 0.6) is 11.6 Å². The Kier molecular flexibility index (Phi) is 10.9. The molecule has 2 saturated carbocycles. The van der Waals surface area contributed by atoms with Crippen molar-refractivity contribution >= 4 is 44.6 Å². The number of benzene rings is 1. The molecule has 7 atom stereocenters. The highest BCUT2D eigenvalue weighted by Gasteiger charge is 2.62. The van der Waals surface area contributed by atoms with Crippen LogP contribution in [0, 0.1) is 23.6 Å². The molecule has 3 fully saturated rings. The van der Waals surface area contributed by atoms with Crippen LogP contribution in [0.25, 0.3) is 10.8 Å². The molecule has 16 heteroatoms. The summed E-state index contributed by atoms with van der Waals surface area (Å²) in [5.41, 5.74) is -2.40. The summed E-state index contributed by atoms with van der Waals surface area (Å²) >= 11 is 0. The normalized spacial score (nSPS) is 29.2. The fraction of sp³-hybridized carbons (Fsp3) is 0.605. The quantitative estimate of drug-likeness (QED) is 0.347. The highest BCUT2D eigenvalue weighted by molar-refractivity contribution is 7.91. The fourth-order valence-corrected chi connectivity index (χ4v) is 8.69. The lowest BCUT2D eigenvalue weighted by Gasteiger charge is -2.32. The van der Waals surface area contributed by atoms with Crippen molar-refractivity contribution in [2.75, 3.05) is 13.7 Å². The second-order valence-electron chi connectivity index (χ2n) is 16.1. The molecule has 54 heavy (non-hydrogen) atoms. The van der Waals surface area contributed by atoms with Crippen molar-refractivity contribution in [2.24, 2.45) is 17.8 Å². The number of nitrogens with zero attached hydrogens (tertiary/aromatic N) is 2. The Morgan fingerprint density at radius 3 is 2.50 bits per heavy atom. The van der Waals surface area contributed by atoms with Crippen molar-refractivity contribution in [1.29, 1.82) is 0 Å². The number of hydrogen-bond acceptors (Lipinski definition) is 10. The van der Waals surface area contributed by atoms with Crippen LogP contribution < -0.4 is 24.8 Å². The Hall–Kier alpha value is -4.47. The lowest BCUT2D eigenvalue weighted by atomic mass is 9.92. The first-order chi connectivity index (χ1) is 25.4. The minimum absolute atomic E-state index is 0.0504. The molecule has 6 rings (SSSR count). The topological polar surface area (TPSA) is 182 Å². The van der Waals surface area contributed by atoms with Crippen LogP contribution in [0.15, 0.2) is 36.5 Å². The van der Waals surface area contributed by atoms with Crippen LogP contribution >= 0.6 is 0 Å². The number of fused-ring (bicyclic) bond motifs is 3. The highest BCUT2D eigenvalue weighted by Crippen LogP contribution is 2.46. The fourth-order valence-electron chi connectivity index (χ4n) is 7.33. The summed E-state index contributed by atoms with van der Waals surface area (Å²) in [5.74, 6) is -2.91. The third kappa shape index (κ3) is 8.58. The van der Waals surface area contributed by atoms with Crippen LogP contribution in [0.1, 0.15) is 79.6 Å². The van der Waals surface area contributed by atoms with E-state index in [1.54, 1.807) is 20.8 Å². The molecule has 2 aliphatic heterocycles. The summed E-state index contributed by atoms with van der Waals surface area (Å²) in [4.78, 5) is 61.7. The van der Waals surface area contributed by atoms with Gasteiger partial charge in [0.25, 0.3) is 5.91 Å². The molecule has 0 bridgehead atoms. The summed E-state index contributed by atoms with van der Waals surface area (Å²) in [6.45, 7) is 8.89. The maximum atomic E-state index is 14.7. The van der Waals surface area contributed by atoms with Crippen molar-refractivity contribution in [3.63, 3.8) is 0 Å². The second-order valence-corrected chi connectivity index (χ2v) is 18.1. The number of halogens is 1. The van der Waals surface area contributed by atoms with E-state index in [1.807, 2.05) is 26.0 Å². The van der Waals surface area contributed by atoms with Crippen LogP contribution in [0.2, 0.25) is 0 Å². The molecule has 4 amide bonds. The summed E-state index contributed by atoms with van der Waals surface area (Å²) in [7, 11) is -2.47. The van der Waals surface area contributed by atoms with Crippen LogP contribution in [-0.2, 0) is 29.1 Å². The van der Waals surface area contributed by atoms with Gasteiger partial charge >= 0.3 is 6.09 Å². The Bertz CT molecular complexity index is 1950. The molecule has 1 saturated heterocycles. The van der Waals surface area contributed by atoms with Crippen molar-refractivity contribution in [3.8, 4) is 11.6 Å². The van der Waals surface area contributed by atoms with Gasteiger partial charge in [0.05, 0.1) is 30.5 Å². The summed E-state index contributed by atoms with van der Waals surface area (Å²) in [6.07, 6.45) is 6.67. The van der Waals surface area contributed by atoms with Gasteiger partial charge in [0.1, 0.15) is 40.9 Å². The minimum atomic E-state index is -3.93. The number of hydrogen-bond donors (Lipinski definition) is 3. The van der Waals surface area contributed by atoms with Gasteiger partial charge in [0, 0.05) is 17.7 Å². The first kappa shape index (κ1) is 39.2. The van der Waals surface area contributed by atoms with Gasteiger partial charge in [-0.05, 0) is 82.9 Å². The first-order valence-corrected chi connectivity index (χ1v) is 20.1. The number of allylic oxidation sites excluding steroid dienone is 1. The lowest BCUT2D eigenvalue weighted by Crippen LogP contribution is -2.59. The number of ether oxygens (including phenoxy) is 3. The predicted molar refractivity (Wildman–Crippen MR) is 196 cm³/mol. The summed E-state index contributed by atoms with van der Waals surface area (Å²) in [5, 5.41) is 5.82. The molecule has 1 aromatic carbocycles. The van der Waals surface area contributed by atoms with Gasteiger partial charge in [-0.1, -0.05) is 32.4 Å². The van der Waals surface area contributed by atoms with E-state index in [2.05, 4.69) is 20.3 Å². The Balaban J connectivity index is 1.35. The molecular weight excluding hydrogens is 722 g/mol. The van der Waals surface area contributed by atoms with E-state index >= 15 is 0 Å². The van der Waals surface area contributed by atoms with Gasteiger partial charge in [-0.3, -0.25) is 19.1 Å². The average molecular weight is 772 g/mol. The third-order valence-electron chi connectivity index (χ3n) is 10.6. The van der Waals surface area contributed by atoms with Gasteiger partial charge < -0.3 is 29.7 Å². The molecule has 2 aliphatic carbocycles. The Morgan fingerprint density at radius 2 is 1.81 bits per heavy atom. The third-order valence-corrected chi connectivity index (χ3v) is 12.4. The molecule has 2 aromatic rings. The van der Waals surface area contributed by atoms with Crippen LogP contribution in [0.3, 0.4) is 0 Å². The molecule has 3 heterocycles. The average Bonchev–Trinajstić information content (AvgIpc) is 4.02. The number of carbonyl (C=O) groups is 4. The molecule has 0 radical (unpaired) electrons. The largest absolute Gasteiger partial charge is 0.494 e. The summed E-state index contributed by atoms with van der Waals surface area (Å²) < 4.78 is 59.7. The number of methoxy groups -OCH3 is 1. The number of pyridine rings is 1. The smallest absolute Gasteiger partial charge is 0.408 e. The lowest BCUT2D eigenvalue weighted by molar-refractivity contribution is -0.142. The van der Waals surface area contributed by atoms with E-state index in [4.69, 9.17) is 14.2 Å². The number of rotatable bonds is 7. The van der Waals surface area contributed by atoms with Crippen LogP contribution in [0.4, 0.5) is 9.18 Å². The zero-order chi connectivity index (χ0) is 39.2. The van der Waals surface area contributed by atoms with E-state index in [1.165, 1.54) is 36.4 Å². The SMILES string of the molecule is COc1cnc(OC2CC3C(=O)NC4(C(=O)NS(=O)(=O)C5CC5)CC4C=CC(C)CCCC(C)C(NC(=O)OC(C)(C)C)C(=O)N3C2)c2cc(F)ccc12. The maximum absolute atomic E-state index is 14.7. The van der Waals surface area contributed by atoms with E-state index < -0.39 is 80.2 Å². The maximum Gasteiger partial charge on any atom is 0.408 e. The van der Waals surface area contributed by atoms with Gasteiger partial charge in [-0.15, -0.1) is 0 Å². The Labute approximate surface area is 315 Å². The molecule has 294 valence electrons. The second kappa shape index (κ2) is 15.0. The van der Waals surface area contributed by atoms with Gasteiger partial charge in [-0.2, -0.15) is 0 Å². The van der Waals surface area contributed by atoms with Gasteiger partial charge in [-0.25, -0.2) is 22.6 Å². The number of nitrogens with one attached hydrogen (secondary N) is 3. The molecule has 1 aromatic heterocycles. The van der Waals surface area contributed by atoms with E-state index in [0.29, 0.717) is 42.2 Å². The predicted octanol–water partition coefficient (Wildman–Crippen LogP) is 4.12. The monoisotopic (exact) mass is 771 g/mol. The van der Waals surface area contributed by atoms with E-state index in [0.717, 1.165) is 6.42 Å². The molecule has 0 spiro atoms. The zero-order valence-corrected chi connectivity index (χ0v) is 32.3. The Morgan fingerprint density at radius 1 is 1.07 bits per heavy atom. The number of sulfonamides is 1. The van der Waals surface area contributed by atoms with E-state index in [9.17, 15) is 32.0 Å².